The number of hydrogen-bond donors (Lipinski definition) is 1. The third-order valence-corrected chi connectivity index (χ3v) is 6.28. The van der Waals surface area contributed by atoms with E-state index in [2.05, 4.69) is 27.0 Å². The zero-order chi connectivity index (χ0) is 15.8. The fraction of sp³-hybridized carbons (Fsp3) is 0.824. The number of aromatic nitrogens is 3. The molecular formula is C17H26N4OS. The molecule has 4 rings (SSSR count). The summed E-state index contributed by atoms with van der Waals surface area (Å²) in [5.74, 6) is 2.99. The Bertz CT molecular complexity index is 579. The van der Waals surface area contributed by atoms with Crippen molar-refractivity contribution in [3.05, 3.63) is 5.82 Å². The third-order valence-electron chi connectivity index (χ3n) is 5.34. The minimum Gasteiger partial charge on any atom is -0.352 e. The van der Waals surface area contributed by atoms with Gasteiger partial charge in [0, 0.05) is 18.0 Å². The van der Waals surface area contributed by atoms with Crippen molar-refractivity contribution in [1.82, 2.24) is 20.1 Å². The second-order valence-electron chi connectivity index (χ2n) is 7.44. The van der Waals surface area contributed by atoms with Gasteiger partial charge < -0.3 is 9.88 Å². The first-order chi connectivity index (χ1) is 11.2. The predicted molar refractivity (Wildman–Crippen MR) is 90.6 cm³/mol. The van der Waals surface area contributed by atoms with E-state index in [0.717, 1.165) is 17.4 Å². The van der Waals surface area contributed by atoms with Crippen LogP contribution in [0.1, 0.15) is 76.1 Å². The topological polar surface area (TPSA) is 59.8 Å². The number of nitrogens with zero attached hydrogens (tertiary/aromatic N) is 3. The molecule has 126 valence electrons. The fourth-order valence-corrected chi connectivity index (χ4v) is 4.42. The van der Waals surface area contributed by atoms with Crippen molar-refractivity contribution in [3.63, 3.8) is 0 Å². The molecule has 6 heteroatoms. The summed E-state index contributed by atoms with van der Waals surface area (Å²) in [7, 11) is 0. The quantitative estimate of drug-likeness (QED) is 0.811. The first-order valence-corrected chi connectivity index (χ1v) is 10.1. The number of hydrogen-bond acceptors (Lipinski definition) is 4. The van der Waals surface area contributed by atoms with Crippen LogP contribution in [0.4, 0.5) is 0 Å². The Hall–Kier alpha value is -1.04. The Kier molecular flexibility index (Phi) is 4.35. The van der Waals surface area contributed by atoms with Gasteiger partial charge in [-0.25, -0.2) is 0 Å². The molecule has 3 aliphatic rings. The van der Waals surface area contributed by atoms with Gasteiger partial charge in [-0.3, -0.25) is 4.79 Å². The van der Waals surface area contributed by atoms with Gasteiger partial charge in [0.25, 0.3) is 0 Å². The zero-order valence-corrected chi connectivity index (χ0v) is 14.6. The van der Waals surface area contributed by atoms with Crippen molar-refractivity contribution >= 4 is 17.7 Å². The molecule has 0 bridgehead atoms. The van der Waals surface area contributed by atoms with Crippen molar-refractivity contribution in [3.8, 4) is 0 Å². The molecule has 0 unspecified atom stereocenters. The Morgan fingerprint density at radius 3 is 2.65 bits per heavy atom. The predicted octanol–water partition coefficient (Wildman–Crippen LogP) is 3.28. The minimum absolute atomic E-state index is 0.145. The average molecular weight is 334 g/mol. The van der Waals surface area contributed by atoms with Crippen LogP contribution in [0.25, 0.3) is 0 Å². The number of amides is 1. The van der Waals surface area contributed by atoms with Crippen LogP contribution in [0.2, 0.25) is 0 Å². The van der Waals surface area contributed by atoms with Crippen molar-refractivity contribution in [2.24, 2.45) is 5.92 Å². The number of rotatable bonds is 6. The van der Waals surface area contributed by atoms with Gasteiger partial charge in [0.05, 0.1) is 5.75 Å². The van der Waals surface area contributed by atoms with E-state index in [1.165, 1.54) is 44.9 Å². The smallest absolute Gasteiger partial charge is 0.230 e. The molecule has 3 saturated carbocycles. The summed E-state index contributed by atoms with van der Waals surface area (Å²) in [6, 6.07) is 0.949. The number of nitrogens with one attached hydrogen (secondary N) is 1. The molecule has 0 saturated heterocycles. The van der Waals surface area contributed by atoms with Crippen LogP contribution in [0.15, 0.2) is 5.16 Å². The van der Waals surface area contributed by atoms with Crippen LogP contribution in [-0.2, 0) is 4.79 Å². The van der Waals surface area contributed by atoms with Crippen LogP contribution in [0.5, 0.6) is 0 Å². The van der Waals surface area contributed by atoms with Crippen molar-refractivity contribution in [1.29, 1.82) is 0 Å². The van der Waals surface area contributed by atoms with E-state index in [4.69, 9.17) is 0 Å². The fourth-order valence-electron chi connectivity index (χ4n) is 3.59. The zero-order valence-electron chi connectivity index (χ0n) is 13.8. The molecule has 2 atom stereocenters. The van der Waals surface area contributed by atoms with Crippen LogP contribution in [-0.4, -0.2) is 32.5 Å². The molecule has 23 heavy (non-hydrogen) atoms. The lowest BCUT2D eigenvalue weighted by atomic mass is 9.86. The lowest BCUT2D eigenvalue weighted by Crippen LogP contribution is -2.41. The summed E-state index contributed by atoms with van der Waals surface area (Å²) in [5, 5.41) is 12.9. The summed E-state index contributed by atoms with van der Waals surface area (Å²) >= 11 is 1.56. The first-order valence-electron chi connectivity index (χ1n) is 9.09. The highest BCUT2D eigenvalue weighted by atomic mass is 32.2. The van der Waals surface area contributed by atoms with E-state index < -0.39 is 0 Å². The number of thioether (sulfide) groups is 1. The Morgan fingerprint density at radius 1 is 1.17 bits per heavy atom. The van der Waals surface area contributed by atoms with Crippen molar-refractivity contribution < 1.29 is 4.79 Å². The van der Waals surface area contributed by atoms with Gasteiger partial charge >= 0.3 is 0 Å². The van der Waals surface area contributed by atoms with E-state index in [-0.39, 0.29) is 5.91 Å². The molecule has 0 radical (unpaired) electrons. The second kappa shape index (κ2) is 6.46. The van der Waals surface area contributed by atoms with Gasteiger partial charge in [0.1, 0.15) is 5.82 Å². The molecule has 3 aliphatic carbocycles. The Balaban J connectivity index is 1.34. The van der Waals surface area contributed by atoms with Crippen molar-refractivity contribution in [2.75, 3.05) is 5.75 Å². The highest BCUT2D eigenvalue weighted by Crippen LogP contribution is 2.45. The number of carbonyl (C=O) groups excluding carboxylic acids is 1. The molecule has 1 aromatic rings. The highest BCUT2D eigenvalue weighted by molar-refractivity contribution is 7.99. The van der Waals surface area contributed by atoms with E-state index in [9.17, 15) is 4.79 Å². The molecule has 3 fully saturated rings. The van der Waals surface area contributed by atoms with E-state index in [1.807, 2.05) is 0 Å². The van der Waals surface area contributed by atoms with E-state index in [0.29, 0.717) is 29.7 Å². The lowest BCUT2D eigenvalue weighted by Gasteiger charge is -2.29. The monoisotopic (exact) mass is 334 g/mol. The van der Waals surface area contributed by atoms with Crippen molar-refractivity contribution in [2.45, 2.75) is 81.4 Å². The minimum atomic E-state index is 0.145. The van der Waals surface area contributed by atoms with E-state index >= 15 is 0 Å². The molecule has 1 N–H and O–H groups in total. The van der Waals surface area contributed by atoms with Crippen LogP contribution >= 0.6 is 11.8 Å². The SMILES string of the molecule is C[C@@H]1CCCC[C@@H]1NC(=O)CSc1nnc(C2CC2)n1C1CC1. The molecule has 1 heterocycles. The Morgan fingerprint density at radius 2 is 1.96 bits per heavy atom. The largest absolute Gasteiger partial charge is 0.352 e. The maximum Gasteiger partial charge on any atom is 0.230 e. The van der Waals surface area contributed by atoms with Gasteiger partial charge in [-0.2, -0.15) is 0 Å². The summed E-state index contributed by atoms with van der Waals surface area (Å²) in [6.45, 7) is 2.25. The third kappa shape index (κ3) is 3.57. The van der Waals surface area contributed by atoms with Gasteiger partial charge in [-0.15, -0.1) is 10.2 Å². The standard InChI is InChI=1S/C17H26N4OS/c1-11-4-2-3-5-14(11)18-15(22)10-23-17-20-19-16(12-6-7-12)21(17)13-8-9-13/h11-14H,2-10H2,1H3,(H,18,22)/t11-,14+/m1/s1. The molecular weight excluding hydrogens is 308 g/mol. The first kappa shape index (κ1) is 15.5. The maximum atomic E-state index is 12.3. The number of carbonyl (C=O) groups is 1. The molecule has 0 spiro atoms. The molecule has 1 amide bonds. The molecule has 0 aromatic carbocycles. The van der Waals surface area contributed by atoms with E-state index in [1.54, 1.807) is 11.8 Å². The van der Waals surface area contributed by atoms with Gasteiger partial charge in [0.15, 0.2) is 5.16 Å². The summed E-state index contributed by atoms with van der Waals surface area (Å²) in [4.78, 5) is 12.3. The van der Waals surface area contributed by atoms with Gasteiger partial charge in [0.2, 0.25) is 5.91 Å². The summed E-state index contributed by atoms with van der Waals surface area (Å²) in [6.07, 6.45) is 9.86. The van der Waals surface area contributed by atoms with Crippen LogP contribution < -0.4 is 5.32 Å². The van der Waals surface area contributed by atoms with Gasteiger partial charge in [-0.05, 0) is 44.4 Å². The molecule has 5 nitrogen and oxygen atoms in total. The lowest BCUT2D eigenvalue weighted by molar-refractivity contribution is -0.119. The van der Waals surface area contributed by atoms with Crippen LogP contribution in [0.3, 0.4) is 0 Å². The molecule has 1 aromatic heterocycles. The van der Waals surface area contributed by atoms with Crippen LogP contribution in [0, 0.1) is 5.92 Å². The summed E-state index contributed by atoms with van der Waals surface area (Å²) < 4.78 is 2.32. The maximum absolute atomic E-state index is 12.3. The summed E-state index contributed by atoms with van der Waals surface area (Å²) in [5.41, 5.74) is 0. The normalized spacial score (nSPS) is 27.9. The average Bonchev–Trinajstić information content (AvgIpc) is 3.46. The molecule has 0 aliphatic heterocycles. The Labute approximate surface area is 142 Å². The highest BCUT2D eigenvalue weighted by Gasteiger charge is 2.36. The second-order valence-corrected chi connectivity index (χ2v) is 8.38. The van der Waals surface area contributed by atoms with Gasteiger partial charge in [-0.1, -0.05) is 31.5 Å².